The summed E-state index contributed by atoms with van der Waals surface area (Å²) in [6.07, 6.45) is 5.69. The van der Waals surface area contributed by atoms with Gasteiger partial charge in [0.05, 0.1) is 17.8 Å². The van der Waals surface area contributed by atoms with Crippen LogP contribution in [0.25, 0.3) is 0 Å². The van der Waals surface area contributed by atoms with Crippen molar-refractivity contribution in [1.82, 2.24) is 14.7 Å². The molecule has 2 N–H and O–H groups in total. The van der Waals surface area contributed by atoms with Gasteiger partial charge in [-0.05, 0) is 12.0 Å². The Morgan fingerprint density at radius 1 is 1.50 bits per heavy atom. The van der Waals surface area contributed by atoms with Crippen LogP contribution < -0.4 is 5.73 Å². The van der Waals surface area contributed by atoms with E-state index in [9.17, 15) is 0 Å². The Kier molecular flexibility index (Phi) is 6.85. The van der Waals surface area contributed by atoms with Crippen molar-refractivity contribution in [2.75, 3.05) is 33.4 Å². The first kappa shape index (κ1) is 15.1. The summed E-state index contributed by atoms with van der Waals surface area (Å²) in [5.41, 5.74) is 6.79. The van der Waals surface area contributed by atoms with E-state index in [1.54, 1.807) is 7.11 Å². The van der Waals surface area contributed by atoms with Gasteiger partial charge in [-0.3, -0.25) is 4.68 Å². The van der Waals surface area contributed by atoms with Crippen molar-refractivity contribution in [3.63, 3.8) is 0 Å². The fourth-order valence-corrected chi connectivity index (χ4v) is 1.80. The molecule has 0 saturated carbocycles. The predicted octanol–water partition coefficient (Wildman–Crippen LogP) is 0.587. The van der Waals surface area contributed by atoms with Gasteiger partial charge in [0.25, 0.3) is 0 Å². The highest BCUT2D eigenvalue weighted by Crippen LogP contribution is 2.01. The molecule has 102 valence electrons. The molecule has 0 aromatic carbocycles. The fraction of sp³-hybridized carbons (Fsp3) is 0.667. The van der Waals surface area contributed by atoms with E-state index in [1.165, 1.54) is 5.56 Å². The standard InChI is InChI=1S/C12H22N4OS/c1-15-10-11(9-14-15)3-5-16(7-8-17-2)6-4-12(13)18/h9-10H,3-8H2,1-2H3,(H2,13,18). The summed E-state index contributed by atoms with van der Waals surface area (Å²) in [5.74, 6) is 0. The minimum atomic E-state index is 0.568. The molecule has 0 bridgehead atoms. The molecule has 1 heterocycles. The molecule has 0 aliphatic carbocycles. The van der Waals surface area contributed by atoms with Crippen LogP contribution in [-0.4, -0.2) is 53.0 Å². The van der Waals surface area contributed by atoms with Crippen molar-refractivity contribution >= 4 is 17.2 Å². The molecule has 0 aliphatic rings. The first-order valence-corrected chi connectivity index (χ1v) is 6.49. The maximum absolute atomic E-state index is 5.54. The highest BCUT2D eigenvalue weighted by Gasteiger charge is 2.06. The van der Waals surface area contributed by atoms with E-state index in [4.69, 9.17) is 22.7 Å². The monoisotopic (exact) mass is 270 g/mol. The van der Waals surface area contributed by atoms with E-state index in [1.807, 2.05) is 24.1 Å². The van der Waals surface area contributed by atoms with Crippen molar-refractivity contribution in [2.24, 2.45) is 12.8 Å². The molecule has 0 unspecified atom stereocenters. The van der Waals surface area contributed by atoms with Gasteiger partial charge in [-0.1, -0.05) is 12.2 Å². The van der Waals surface area contributed by atoms with E-state index >= 15 is 0 Å². The van der Waals surface area contributed by atoms with Gasteiger partial charge in [-0.2, -0.15) is 5.10 Å². The number of methoxy groups -OCH3 is 1. The summed E-state index contributed by atoms with van der Waals surface area (Å²) in [4.78, 5) is 2.88. The maximum atomic E-state index is 5.54. The Balaban J connectivity index is 2.36. The van der Waals surface area contributed by atoms with E-state index in [0.717, 1.165) is 39.1 Å². The lowest BCUT2D eigenvalue weighted by Crippen LogP contribution is -2.32. The number of aromatic nitrogens is 2. The highest BCUT2D eigenvalue weighted by molar-refractivity contribution is 7.80. The lowest BCUT2D eigenvalue weighted by molar-refractivity contribution is 0.150. The zero-order valence-electron chi connectivity index (χ0n) is 11.1. The van der Waals surface area contributed by atoms with Crippen LogP contribution in [0.3, 0.4) is 0 Å². The second kappa shape index (κ2) is 8.18. The van der Waals surface area contributed by atoms with Crippen LogP contribution >= 0.6 is 12.2 Å². The minimum absolute atomic E-state index is 0.568. The molecular weight excluding hydrogens is 248 g/mol. The minimum Gasteiger partial charge on any atom is -0.393 e. The maximum Gasteiger partial charge on any atom is 0.0740 e. The normalized spacial score (nSPS) is 11.1. The van der Waals surface area contributed by atoms with Crippen LogP contribution in [0.2, 0.25) is 0 Å². The van der Waals surface area contributed by atoms with Crippen molar-refractivity contribution in [3.8, 4) is 0 Å². The van der Waals surface area contributed by atoms with Crippen LogP contribution in [0.1, 0.15) is 12.0 Å². The van der Waals surface area contributed by atoms with Crippen LogP contribution in [0, 0.1) is 0 Å². The van der Waals surface area contributed by atoms with Crippen LogP contribution in [0.4, 0.5) is 0 Å². The molecule has 1 rings (SSSR count). The molecule has 1 aromatic rings. The number of nitrogens with two attached hydrogens (primary N) is 1. The zero-order valence-corrected chi connectivity index (χ0v) is 11.9. The topological polar surface area (TPSA) is 56.3 Å². The van der Waals surface area contributed by atoms with Gasteiger partial charge in [0.15, 0.2) is 0 Å². The number of rotatable bonds is 9. The zero-order chi connectivity index (χ0) is 13.4. The lowest BCUT2D eigenvalue weighted by Gasteiger charge is -2.21. The molecule has 18 heavy (non-hydrogen) atoms. The first-order valence-electron chi connectivity index (χ1n) is 6.09. The number of ether oxygens (including phenoxy) is 1. The lowest BCUT2D eigenvalue weighted by atomic mass is 10.2. The van der Waals surface area contributed by atoms with Gasteiger partial charge >= 0.3 is 0 Å². The summed E-state index contributed by atoms with van der Waals surface area (Å²) in [6.45, 7) is 3.49. The average molecular weight is 270 g/mol. The number of aryl methyl sites for hydroxylation is 1. The van der Waals surface area contributed by atoms with Crippen molar-refractivity contribution in [1.29, 1.82) is 0 Å². The largest absolute Gasteiger partial charge is 0.393 e. The highest BCUT2D eigenvalue weighted by atomic mass is 32.1. The van der Waals surface area contributed by atoms with Gasteiger partial charge in [0, 0.05) is 46.4 Å². The summed E-state index contributed by atoms with van der Waals surface area (Å²) in [6, 6.07) is 0. The average Bonchev–Trinajstić information content (AvgIpc) is 2.74. The third-order valence-corrected chi connectivity index (χ3v) is 2.97. The SMILES string of the molecule is COCCN(CCC(N)=S)CCc1cnn(C)c1. The molecule has 6 heteroatoms. The van der Waals surface area contributed by atoms with Gasteiger partial charge in [0.2, 0.25) is 0 Å². The van der Waals surface area contributed by atoms with Crippen molar-refractivity contribution in [2.45, 2.75) is 12.8 Å². The number of nitrogens with zero attached hydrogens (tertiary/aromatic N) is 3. The second-order valence-corrected chi connectivity index (χ2v) is 4.85. The molecule has 1 aromatic heterocycles. The molecule has 0 saturated heterocycles. The summed E-state index contributed by atoms with van der Waals surface area (Å²) >= 11 is 4.91. The third-order valence-electron chi connectivity index (χ3n) is 2.76. The number of hydrogen-bond acceptors (Lipinski definition) is 4. The molecule has 0 fully saturated rings. The van der Waals surface area contributed by atoms with Gasteiger partial charge in [0.1, 0.15) is 0 Å². The quantitative estimate of drug-likeness (QED) is 0.666. The molecule has 0 radical (unpaired) electrons. The molecular formula is C12H22N4OS. The summed E-state index contributed by atoms with van der Waals surface area (Å²) < 4.78 is 6.94. The Morgan fingerprint density at radius 3 is 2.83 bits per heavy atom. The number of thiocarbonyl (C=S) groups is 1. The smallest absolute Gasteiger partial charge is 0.0740 e. The van der Waals surface area contributed by atoms with Gasteiger partial charge in [-0.15, -0.1) is 0 Å². The van der Waals surface area contributed by atoms with E-state index in [2.05, 4.69) is 10.00 Å². The molecule has 0 amide bonds. The Labute approximate surface area is 114 Å². The van der Waals surface area contributed by atoms with Crippen LogP contribution in [0.15, 0.2) is 12.4 Å². The second-order valence-electron chi connectivity index (χ2n) is 4.32. The molecule has 0 atom stereocenters. The molecule has 0 spiro atoms. The first-order chi connectivity index (χ1) is 8.61. The van der Waals surface area contributed by atoms with E-state index in [0.29, 0.717) is 4.99 Å². The fourth-order valence-electron chi connectivity index (χ4n) is 1.71. The van der Waals surface area contributed by atoms with Crippen LogP contribution in [0.5, 0.6) is 0 Å². The summed E-state index contributed by atoms with van der Waals surface area (Å²) in [5, 5.41) is 4.16. The number of hydrogen-bond donors (Lipinski definition) is 1. The molecule has 5 nitrogen and oxygen atoms in total. The van der Waals surface area contributed by atoms with Crippen molar-refractivity contribution < 1.29 is 4.74 Å². The Bertz CT molecular complexity index is 367. The molecule has 0 aliphatic heterocycles. The Morgan fingerprint density at radius 2 is 2.28 bits per heavy atom. The third kappa shape index (κ3) is 6.09. The van der Waals surface area contributed by atoms with Gasteiger partial charge < -0.3 is 15.4 Å². The van der Waals surface area contributed by atoms with E-state index < -0.39 is 0 Å². The van der Waals surface area contributed by atoms with Gasteiger partial charge in [-0.25, -0.2) is 0 Å². The van der Waals surface area contributed by atoms with Crippen LogP contribution in [-0.2, 0) is 18.2 Å². The van der Waals surface area contributed by atoms with E-state index in [-0.39, 0.29) is 0 Å². The summed E-state index contributed by atoms with van der Waals surface area (Å²) in [7, 11) is 3.64. The Hall–Kier alpha value is -0.980. The predicted molar refractivity (Wildman–Crippen MR) is 76.6 cm³/mol. The van der Waals surface area contributed by atoms with Crippen molar-refractivity contribution in [3.05, 3.63) is 18.0 Å².